The summed E-state index contributed by atoms with van der Waals surface area (Å²) in [7, 11) is 0. The molecule has 0 unspecified atom stereocenters. The van der Waals surface area contributed by atoms with Gasteiger partial charge in [0.2, 0.25) is 0 Å². The monoisotopic (exact) mass is 287 g/mol. The molecule has 21 heavy (non-hydrogen) atoms. The number of carboxylic acid groups (broad SMARTS) is 1. The van der Waals surface area contributed by atoms with Crippen LogP contribution in [0.4, 0.5) is 0 Å². The summed E-state index contributed by atoms with van der Waals surface area (Å²) < 4.78 is 5.72. The molecule has 1 aromatic carbocycles. The highest BCUT2D eigenvalue weighted by Crippen LogP contribution is 2.37. The van der Waals surface area contributed by atoms with Gasteiger partial charge in [-0.25, -0.2) is 4.79 Å². The van der Waals surface area contributed by atoms with E-state index in [1.54, 1.807) is 0 Å². The Morgan fingerprint density at radius 2 is 1.81 bits per heavy atom. The Bertz CT molecular complexity index is 768. The van der Waals surface area contributed by atoms with Crippen molar-refractivity contribution in [1.82, 2.24) is 5.32 Å². The van der Waals surface area contributed by atoms with E-state index in [2.05, 4.69) is 5.32 Å². The molecule has 5 nitrogen and oxygen atoms in total. The molecule has 0 radical (unpaired) electrons. The van der Waals surface area contributed by atoms with Crippen LogP contribution in [0.1, 0.15) is 40.1 Å². The molecule has 1 fully saturated rings. The Morgan fingerprint density at radius 3 is 2.33 bits per heavy atom. The first-order valence-corrected chi connectivity index (χ1v) is 6.91. The predicted octanol–water partition coefficient (Wildman–Crippen LogP) is 2.71. The fraction of sp³-hybridized carbons (Fsp3) is 0.375. The Morgan fingerprint density at radius 1 is 1.19 bits per heavy atom. The minimum atomic E-state index is -1.10. The molecule has 0 spiro atoms. The van der Waals surface area contributed by atoms with Gasteiger partial charge in [0.15, 0.2) is 5.76 Å². The van der Waals surface area contributed by atoms with Crippen molar-refractivity contribution in [3.8, 4) is 0 Å². The Hall–Kier alpha value is -2.30. The summed E-state index contributed by atoms with van der Waals surface area (Å²) in [6, 6.07) is 3.93. The molecule has 1 heterocycles. The van der Waals surface area contributed by atoms with Gasteiger partial charge in [-0.3, -0.25) is 4.79 Å². The molecule has 1 aromatic heterocycles. The lowest BCUT2D eigenvalue weighted by molar-refractivity contribution is -0.140. The summed E-state index contributed by atoms with van der Waals surface area (Å²) in [4.78, 5) is 23.5. The van der Waals surface area contributed by atoms with E-state index < -0.39 is 17.4 Å². The van der Waals surface area contributed by atoms with E-state index in [-0.39, 0.29) is 5.76 Å². The van der Waals surface area contributed by atoms with Gasteiger partial charge in [0.1, 0.15) is 11.1 Å². The summed E-state index contributed by atoms with van der Waals surface area (Å²) in [5, 5.41) is 12.7. The summed E-state index contributed by atoms with van der Waals surface area (Å²) in [6.07, 6.45) is 0.927. The van der Waals surface area contributed by atoms with Crippen LogP contribution in [0.15, 0.2) is 16.5 Å². The summed E-state index contributed by atoms with van der Waals surface area (Å²) >= 11 is 0. The summed E-state index contributed by atoms with van der Waals surface area (Å²) in [6.45, 7) is 5.71. The minimum absolute atomic E-state index is 0.204. The van der Waals surface area contributed by atoms with Crippen LogP contribution in [0.25, 0.3) is 11.0 Å². The third-order valence-electron chi connectivity index (χ3n) is 4.20. The number of aliphatic carboxylic acids is 1. The molecule has 1 aliphatic rings. The Labute approximate surface area is 121 Å². The lowest BCUT2D eigenvalue weighted by Crippen LogP contribution is -2.43. The molecule has 110 valence electrons. The Kier molecular flexibility index (Phi) is 2.83. The number of carbonyl (C=O) groups excluding carboxylic acids is 1. The molecule has 2 N–H and O–H groups in total. The van der Waals surface area contributed by atoms with Crippen molar-refractivity contribution in [2.75, 3.05) is 0 Å². The molecule has 0 atom stereocenters. The van der Waals surface area contributed by atoms with Crippen molar-refractivity contribution in [2.24, 2.45) is 0 Å². The van der Waals surface area contributed by atoms with Crippen LogP contribution in [-0.4, -0.2) is 22.5 Å². The van der Waals surface area contributed by atoms with Gasteiger partial charge in [-0.05, 0) is 44.7 Å². The highest BCUT2D eigenvalue weighted by molar-refractivity contribution is 6.02. The van der Waals surface area contributed by atoms with Crippen LogP contribution < -0.4 is 5.32 Å². The van der Waals surface area contributed by atoms with Crippen molar-refractivity contribution >= 4 is 22.8 Å². The number of carbonyl (C=O) groups is 2. The quantitative estimate of drug-likeness (QED) is 0.909. The van der Waals surface area contributed by atoms with E-state index in [0.717, 1.165) is 22.1 Å². The van der Waals surface area contributed by atoms with Gasteiger partial charge in [-0.2, -0.15) is 0 Å². The molecule has 1 amide bonds. The highest BCUT2D eigenvalue weighted by atomic mass is 16.4. The summed E-state index contributed by atoms with van der Waals surface area (Å²) in [5.41, 5.74) is 2.34. The highest BCUT2D eigenvalue weighted by Gasteiger charge is 2.52. The third-order valence-corrected chi connectivity index (χ3v) is 4.20. The molecule has 5 heteroatoms. The zero-order chi connectivity index (χ0) is 15.4. The number of furan rings is 1. The van der Waals surface area contributed by atoms with E-state index in [4.69, 9.17) is 9.52 Å². The predicted molar refractivity (Wildman–Crippen MR) is 77.5 cm³/mol. The number of hydrogen-bond donors (Lipinski definition) is 2. The van der Waals surface area contributed by atoms with E-state index in [9.17, 15) is 9.59 Å². The van der Waals surface area contributed by atoms with E-state index >= 15 is 0 Å². The number of amides is 1. The van der Waals surface area contributed by atoms with Crippen molar-refractivity contribution < 1.29 is 19.1 Å². The molecule has 2 aromatic rings. The lowest BCUT2D eigenvalue weighted by atomic mass is 10.0. The smallest absolute Gasteiger partial charge is 0.329 e. The SMILES string of the molecule is Cc1ccc(C)c2c(C)c(C(=O)NC3(C(=O)O)CC3)oc12. The van der Waals surface area contributed by atoms with Crippen LogP contribution in [0.3, 0.4) is 0 Å². The molecule has 1 aliphatic carbocycles. The average Bonchev–Trinajstić information content (AvgIpc) is 3.11. The molecule has 0 bridgehead atoms. The lowest BCUT2D eigenvalue weighted by Gasteiger charge is -2.11. The minimum Gasteiger partial charge on any atom is -0.480 e. The number of benzene rings is 1. The fourth-order valence-electron chi connectivity index (χ4n) is 2.68. The van der Waals surface area contributed by atoms with Crippen molar-refractivity contribution in [2.45, 2.75) is 39.2 Å². The number of hydrogen-bond acceptors (Lipinski definition) is 3. The maximum absolute atomic E-state index is 12.3. The first-order chi connectivity index (χ1) is 9.85. The van der Waals surface area contributed by atoms with E-state index in [1.165, 1.54) is 0 Å². The van der Waals surface area contributed by atoms with Crippen molar-refractivity contribution in [1.29, 1.82) is 0 Å². The standard InChI is InChI=1S/C16H17NO4/c1-8-4-5-9(2)12-11(8)10(3)13(21-12)14(18)17-16(6-7-16)15(19)20/h4-5H,6-7H2,1-3H3,(H,17,18)(H,19,20). The molecule has 0 aliphatic heterocycles. The number of nitrogens with one attached hydrogen (secondary N) is 1. The Balaban J connectivity index is 2.03. The molecule has 3 rings (SSSR count). The number of fused-ring (bicyclic) bond motifs is 1. The van der Waals surface area contributed by atoms with Gasteiger partial charge in [-0.15, -0.1) is 0 Å². The van der Waals surface area contributed by atoms with Gasteiger partial charge >= 0.3 is 5.97 Å². The van der Waals surface area contributed by atoms with Crippen LogP contribution in [0, 0.1) is 20.8 Å². The largest absolute Gasteiger partial charge is 0.480 e. The van der Waals surface area contributed by atoms with Crippen molar-refractivity contribution in [3.63, 3.8) is 0 Å². The molecular weight excluding hydrogens is 270 g/mol. The number of rotatable bonds is 3. The van der Waals surface area contributed by atoms with Crippen LogP contribution in [-0.2, 0) is 4.79 Å². The maximum Gasteiger partial charge on any atom is 0.329 e. The maximum atomic E-state index is 12.3. The van der Waals surface area contributed by atoms with Crippen molar-refractivity contribution in [3.05, 3.63) is 34.6 Å². The second-order valence-corrected chi connectivity index (χ2v) is 5.80. The molecule has 0 saturated heterocycles. The van der Waals surface area contributed by atoms with E-state index in [1.807, 2.05) is 32.9 Å². The zero-order valence-corrected chi connectivity index (χ0v) is 12.2. The van der Waals surface area contributed by atoms with Crippen LogP contribution in [0.2, 0.25) is 0 Å². The molecule has 1 saturated carbocycles. The zero-order valence-electron chi connectivity index (χ0n) is 12.2. The first kappa shape index (κ1) is 13.7. The number of carboxylic acids is 1. The summed E-state index contributed by atoms with van der Waals surface area (Å²) in [5.74, 6) is -1.24. The molecular formula is C16H17NO4. The van der Waals surface area contributed by atoms with Gasteiger partial charge in [0.05, 0.1) is 0 Å². The van der Waals surface area contributed by atoms with Gasteiger partial charge in [-0.1, -0.05) is 12.1 Å². The third kappa shape index (κ3) is 2.00. The van der Waals surface area contributed by atoms with Gasteiger partial charge < -0.3 is 14.8 Å². The number of aryl methyl sites for hydroxylation is 3. The van der Waals surface area contributed by atoms with Crippen LogP contribution >= 0.6 is 0 Å². The second-order valence-electron chi connectivity index (χ2n) is 5.80. The average molecular weight is 287 g/mol. The normalized spacial score (nSPS) is 16.0. The van der Waals surface area contributed by atoms with E-state index in [0.29, 0.717) is 18.4 Å². The van der Waals surface area contributed by atoms with Crippen LogP contribution in [0.5, 0.6) is 0 Å². The second kappa shape index (κ2) is 4.35. The fourth-order valence-corrected chi connectivity index (χ4v) is 2.68. The van der Waals surface area contributed by atoms with Gasteiger partial charge in [0.25, 0.3) is 5.91 Å². The first-order valence-electron chi connectivity index (χ1n) is 6.91. The van der Waals surface area contributed by atoms with Gasteiger partial charge in [0, 0.05) is 10.9 Å². The topological polar surface area (TPSA) is 79.5 Å².